The standard InChI is InChI=1S/C12H24N4O2S/c1-8-9(19(17,18)15-11(2,3)4)10(13)16(14-8)12(5,6)7/h15H,13H2,1-7H3. The van der Waals surface area contributed by atoms with Crippen LogP contribution in [0.4, 0.5) is 5.82 Å². The van der Waals surface area contributed by atoms with Crippen molar-refractivity contribution in [2.24, 2.45) is 0 Å². The predicted molar refractivity (Wildman–Crippen MR) is 76.4 cm³/mol. The second-order valence-electron chi connectivity index (χ2n) is 6.74. The Morgan fingerprint density at radius 1 is 1.16 bits per heavy atom. The van der Waals surface area contributed by atoms with Gasteiger partial charge in [0.2, 0.25) is 10.0 Å². The summed E-state index contributed by atoms with van der Waals surface area (Å²) in [5, 5.41) is 4.25. The van der Waals surface area contributed by atoms with Crippen molar-refractivity contribution in [3.05, 3.63) is 5.69 Å². The van der Waals surface area contributed by atoms with Gasteiger partial charge in [-0.15, -0.1) is 0 Å². The van der Waals surface area contributed by atoms with Crippen molar-refractivity contribution in [2.75, 3.05) is 5.73 Å². The highest BCUT2D eigenvalue weighted by atomic mass is 32.2. The molecule has 0 atom stereocenters. The number of nitrogen functional groups attached to an aromatic ring is 1. The summed E-state index contributed by atoms with van der Waals surface area (Å²) in [4.78, 5) is 0.0670. The lowest BCUT2D eigenvalue weighted by atomic mass is 10.1. The summed E-state index contributed by atoms with van der Waals surface area (Å²) in [6.45, 7) is 12.8. The van der Waals surface area contributed by atoms with Crippen molar-refractivity contribution in [1.29, 1.82) is 0 Å². The van der Waals surface area contributed by atoms with E-state index in [0.29, 0.717) is 5.69 Å². The molecule has 3 N–H and O–H groups in total. The molecule has 110 valence electrons. The lowest BCUT2D eigenvalue weighted by Crippen LogP contribution is -2.40. The molecule has 0 aliphatic rings. The van der Waals surface area contributed by atoms with E-state index >= 15 is 0 Å². The molecule has 19 heavy (non-hydrogen) atoms. The number of aromatic nitrogens is 2. The molecule has 0 radical (unpaired) electrons. The number of anilines is 1. The van der Waals surface area contributed by atoms with Crippen LogP contribution in [-0.4, -0.2) is 23.7 Å². The first-order valence-electron chi connectivity index (χ1n) is 6.15. The monoisotopic (exact) mass is 288 g/mol. The van der Waals surface area contributed by atoms with Crippen LogP contribution in [0.3, 0.4) is 0 Å². The average Bonchev–Trinajstić information content (AvgIpc) is 2.36. The Bertz CT molecular complexity index is 574. The topological polar surface area (TPSA) is 90.0 Å². The zero-order chi connectivity index (χ0) is 15.2. The van der Waals surface area contributed by atoms with Crippen molar-refractivity contribution in [3.63, 3.8) is 0 Å². The SMILES string of the molecule is Cc1nn(C(C)(C)C)c(N)c1S(=O)(=O)NC(C)(C)C. The molecule has 6 nitrogen and oxygen atoms in total. The van der Waals surface area contributed by atoms with E-state index in [4.69, 9.17) is 5.73 Å². The number of aryl methyl sites for hydroxylation is 1. The molecular weight excluding hydrogens is 264 g/mol. The van der Waals surface area contributed by atoms with Gasteiger partial charge in [0, 0.05) is 5.54 Å². The van der Waals surface area contributed by atoms with E-state index in [0.717, 1.165) is 0 Å². The largest absolute Gasteiger partial charge is 0.383 e. The number of nitrogens with one attached hydrogen (secondary N) is 1. The molecule has 0 fully saturated rings. The molecule has 7 heteroatoms. The van der Waals surface area contributed by atoms with Gasteiger partial charge in [0.1, 0.15) is 10.7 Å². The number of sulfonamides is 1. The van der Waals surface area contributed by atoms with Crippen molar-refractivity contribution in [3.8, 4) is 0 Å². The molecule has 1 rings (SSSR count). The van der Waals surface area contributed by atoms with Gasteiger partial charge < -0.3 is 5.73 Å². The normalized spacial score (nSPS) is 13.8. The van der Waals surface area contributed by atoms with Crippen molar-refractivity contribution in [2.45, 2.75) is 64.4 Å². The van der Waals surface area contributed by atoms with Crippen LogP contribution in [0.2, 0.25) is 0 Å². The summed E-state index contributed by atoms with van der Waals surface area (Å²) in [6, 6.07) is 0. The number of rotatable bonds is 2. The molecular formula is C12H24N4O2S. The number of nitrogens with two attached hydrogens (primary N) is 1. The molecule has 0 spiro atoms. The van der Waals surface area contributed by atoms with Crippen LogP contribution < -0.4 is 10.5 Å². The second kappa shape index (κ2) is 4.49. The Morgan fingerprint density at radius 3 is 1.95 bits per heavy atom. The fourth-order valence-electron chi connectivity index (χ4n) is 1.83. The quantitative estimate of drug-likeness (QED) is 0.865. The molecule has 0 saturated carbocycles. The van der Waals surface area contributed by atoms with E-state index in [1.807, 2.05) is 20.8 Å². The average molecular weight is 288 g/mol. The Kier molecular flexibility index (Phi) is 3.77. The van der Waals surface area contributed by atoms with Crippen molar-refractivity contribution < 1.29 is 8.42 Å². The molecule has 1 heterocycles. The van der Waals surface area contributed by atoms with Gasteiger partial charge >= 0.3 is 0 Å². The van der Waals surface area contributed by atoms with E-state index in [1.165, 1.54) is 0 Å². The first-order chi connectivity index (χ1) is 8.26. The Labute approximate surface area is 115 Å². The molecule has 0 aliphatic heterocycles. The molecule has 0 unspecified atom stereocenters. The first-order valence-corrected chi connectivity index (χ1v) is 7.63. The van der Waals surface area contributed by atoms with Gasteiger partial charge in [0.05, 0.1) is 11.2 Å². The molecule has 1 aromatic heterocycles. The third-order valence-corrected chi connectivity index (χ3v) is 4.31. The minimum atomic E-state index is -3.68. The van der Waals surface area contributed by atoms with E-state index in [-0.39, 0.29) is 16.3 Å². The Morgan fingerprint density at radius 2 is 1.63 bits per heavy atom. The first kappa shape index (κ1) is 16.0. The van der Waals surface area contributed by atoms with Crippen LogP contribution in [0.1, 0.15) is 47.2 Å². The Balaban J connectivity index is 3.42. The summed E-state index contributed by atoms with van der Waals surface area (Å²) in [6.07, 6.45) is 0. The van der Waals surface area contributed by atoms with Crippen LogP contribution in [0.15, 0.2) is 4.90 Å². The second-order valence-corrected chi connectivity index (χ2v) is 8.36. The van der Waals surface area contributed by atoms with Crippen LogP contribution >= 0.6 is 0 Å². The minimum Gasteiger partial charge on any atom is -0.383 e. The van der Waals surface area contributed by atoms with Gasteiger partial charge in [-0.3, -0.25) is 0 Å². The predicted octanol–water partition coefficient (Wildman–Crippen LogP) is 1.61. The van der Waals surface area contributed by atoms with Gasteiger partial charge in [-0.2, -0.15) is 5.10 Å². The summed E-state index contributed by atoms with van der Waals surface area (Å²) >= 11 is 0. The highest BCUT2D eigenvalue weighted by Crippen LogP contribution is 2.28. The van der Waals surface area contributed by atoms with Crippen LogP contribution in [0, 0.1) is 6.92 Å². The zero-order valence-electron chi connectivity index (χ0n) is 12.7. The van der Waals surface area contributed by atoms with E-state index in [2.05, 4.69) is 9.82 Å². The van der Waals surface area contributed by atoms with E-state index in [1.54, 1.807) is 32.4 Å². The van der Waals surface area contributed by atoms with Crippen LogP contribution in [0.25, 0.3) is 0 Å². The molecule has 0 amide bonds. The molecule has 0 saturated heterocycles. The number of nitrogens with zero attached hydrogens (tertiary/aromatic N) is 2. The summed E-state index contributed by atoms with van der Waals surface area (Å²) in [7, 11) is -3.68. The maximum atomic E-state index is 12.4. The van der Waals surface area contributed by atoms with Crippen molar-refractivity contribution >= 4 is 15.8 Å². The number of hydrogen-bond acceptors (Lipinski definition) is 4. The van der Waals surface area contributed by atoms with Crippen LogP contribution in [0.5, 0.6) is 0 Å². The highest BCUT2D eigenvalue weighted by molar-refractivity contribution is 7.89. The van der Waals surface area contributed by atoms with Gasteiger partial charge in [0.25, 0.3) is 0 Å². The number of hydrogen-bond donors (Lipinski definition) is 2. The molecule has 0 aliphatic carbocycles. The minimum absolute atomic E-state index is 0.0670. The fourth-order valence-corrected chi connectivity index (χ4v) is 3.53. The third kappa shape index (κ3) is 3.48. The molecule has 0 aromatic carbocycles. The van der Waals surface area contributed by atoms with E-state index in [9.17, 15) is 8.42 Å². The maximum Gasteiger partial charge on any atom is 0.246 e. The zero-order valence-corrected chi connectivity index (χ0v) is 13.5. The smallest absolute Gasteiger partial charge is 0.246 e. The van der Waals surface area contributed by atoms with Crippen molar-refractivity contribution in [1.82, 2.24) is 14.5 Å². The Hall–Kier alpha value is -1.08. The van der Waals surface area contributed by atoms with Gasteiger partial charge in [0.15, 0.2) is 0 Å². The van der Waals surface area contributed by atoms with Crippen LogP contribution in [-0.2, 0) is 15.6 Å². The lowest BCUT2D eigenvalue weighted by Gasteiger charge is -2.22. The highest BCUT2D eigenvalue weighted by Gasteiger charge is 2.31. The summed E-state index contributed by atoms with van der Waals surface area (Å²) in [5.74, 6) is 0.168. The molecule has 0 bridgehead atoms. The molecule has 1 aromatic rings. The van der Waals surface area contributed by atoms with Gasteiger partial charge in [-0.25, -0.2) is 17.8 Å². The lowest BCUT2D eigenvalue weighted by molar-refractivity contribution is 0.360. The third-order valence-electron chi connectivity index (χ3n) is 2.38. The van der Waals surface area contributed by atoms with Gasteiger partial charge in [-0.05, 0) is 48.5 Å². The van der Waals surface area contributed by atoms with Gasteiger partial charge in [-0.1, -0.05) is 0 Å². The fraction of sp³-hybridized carbons (Fsp3) is 0.750. The summed E-state index contributed by atoms with van der Waals surface area (Å²) < 4.78 is 28.9. The maximum absolute atomic E-state index is 12.4. The van der Waals surface area contributed by atoms with E-state index < -0.39 is 15.6 Å². The summed E-state index contributed by atoms with van der Waals surface area (Å²) in [5.41, 5.74) is 5.44.